The number of carbonyl (C=O) groups excluding carboxylic acids is 2. The largest absolute Gasteiger partial charge is 0.453 e. The Morgan fingerprint density at radius 2 is 1.88 bits per heavy atom. The van der Waals surface area contributed by atoms with Crippen molar-refractivity contribution in [1.29, 1.82) is 0 Å². The van der Waals surface area contributed by atoms with Crippen molar-refractivity contribution < 1.29 is 14.3 Å². The first-order valence-corrected chi connectivity index (χ1v) is 7.59. The van der Waals surface area contributed by atoms with E-state index in [1.807, 2.05) is 12.1 Å². The smallest absolute Gasteiger partial charge is 0.322 e. The van der Waals surface area contributed by atoms with Gasteiger partial charge in [0.2, 0.25) is 0 Å². The summed E-state index contributed by atoms with van der Waals surface area (Å²) in [6.45, 7) is -0.200. The number of hydrogen-bond acceptors (Lipinski definition) is 5. The highest BCUT2D eigenvalue weighted by molar-refractivity contribution is 5.95. The Bertz CT molecular complexity index is 902. The van der Waals surface area contributed by atoms with Gasteiger partial charge in [0.15, 0.2) is 12.3 Å². The summed E-state index contributed by atoms with van der Waals surface area (Å²) >= 11 is 0. The third kappa shape index (κ3) is 3.74. The molecule has 0 aliphatic carbocycles. The van der Waals surface area contributed by atoms with Gasteiger partial charge in [-0.2, -0.15) is 0 Å². The van der Waals surface area contributed by atoms with E-state index in [0.29, 0.717) is 16.9 Å². The van der Waals surface area contributed by atoms with Crippen LogP contribution in [-0.4, -0.2) is 52.0 Å². The molecule has 1 N–H and O–H groups in total. The number of rotatable bonds is 5. The highest BCUT2D eigenvalue weighted by Gasteiger charge is 2.10. The second-order valence-corrected chi connectivity index (χ2v) is 5.53. The van der Waals surface area contributed by atoms with Gasteiger partial charge in [0, 0.05) is 31.5 Å². The highest BCUT2D eigenvalue weighted by Crippen LogP contribution is 2.12. The summed E-state index contributed by atoms with van der Waals surface area (Å²) in [6.07, 6.45) is 1.75. The number of ether oxygens (including phenoxy) is 1. The van der Waals surface area contributed by atoms with Gasteiger partial charge in [-0.3, -0.25) is 14.0 Å². The minimum atomic E-state index is -0.334. The molecule has 8 heteroatoms. The molecular weight excluding hydrogens is 322 g/mol. The summed E-state index contributed by atoms with van der Waals surface area (Å²) in [4.78, 5) is 25.3. The summed E-state index contributed by atoms with van der Waals surface area (Å²) in [5.74, 6) is -0.431. The first-order valence-electron chi connectivity index (χ1n) is 7.59. The lowest BCUT2D eigenvalue weighted by molar-refractivity contribution is -0.118. The minimum Gasteiger partial charge on any atom is -0.453 e. The van der Waals surface area contributed by atoms with Crippen molar-refractivity contribution in [2.24, 2.45) is 0 Å². The maximum atomic E-state index is 12.0. The minimum absolute atomic E-state index is 0.0973. The Balaban J connectivity index is 1.58. The Hall–Kier alpha value is -3.42. The standard InChI is InChI=1S/C17H17N5O3/c1-21(2)16(24)12-6-8-13(9-7-12)18-15(23)11-25-17-20-19-14-5-3-4-10-22(14)17/h3-10H,11H2,1-2H3,(H,18,23). The summed E-state index contributed by atoms with van der Waals surface area (Å²) in [5.41, 5.74) is 1.77. The molecular formula is C17H17N5O3. The van der Waals surface area contributed by atoms with Crippen molar-refractivity contribution in [3.8, 4) is 6.01 Å². The van der Waals surface area contributed by atoms with E-state index < -0.39 is 0 Å². The van der Waals surface area contributed by atoms with Gasteiger partial charge in [0.05, 0.1) is 0 Å². The molecule has 0 spiro atoms. The molecule has 2 aromatic heterocycles. The Morgan fingerprint density at radius 1 is 1.12 bits per heavy atom. The maximum absolute atomic E-state index is 12.0. The maximum Gasteiger partial charge on any atom is 0.322 e. The van der Waals surface area contributed by atoms with Gasteiger partial charge in [-0.25, -0.2) is 0 Å². The number of nitrogens with zero attached hydrogens (tertiary/aromatic N) is 4. The van der Waals surface area contributed by atoms with Crippen LogP contribution in [0.5, 0.6) is 6.01 Å². The van der Waals surface area contributed by atoms with Crippen molar-refractivity contribution in [3.63, 3.8) is 0 Å². The third-order valence-electron chi connectivity index (χ3n) is 3.44. The van der Waals surface area contributed by atoms with Crippen molar-refractivity contribution in [2.75, 3.05) is 26.0 Å². The fourth-order valence-corrected chi connectivity index (χ4v) is 2.20. The zero-order valence-corrected chi connectivity index (χ0v) is 13.8. The van der Waals surface area contributed by atoms with E-state index in [9.17, 15) is 9.59 Å². The molecule has 1 aromatic carbocycles. The number of carbonyl (C=O) groups is 2. The molecule has 128 valence electrons. The molecule has 3 aromatic rings. The van der Waals surface area contributed by atoms with E-state index in [2.05, 4.69) is 15.5 Å². The molecule has 0 fully saturated rings. The second kappa shape index (κ2) is 7.00. The van der Waals surface area contributed by atoms with Crippen LogP contribution in [-0.2, 0) is 4.79 Å². The van der Waals surface area contributed by atoms with Crippen molar-refractivity contribution in [2.45, 2.75) is 0 Å². The van der Waals surface area contributed by atoms with Crippen LogP contribution in [0.4, 0.5) is 5.69 Å². The molecule has 0 saturated heterocycles. The van der Waals surface area contributed by atoms with Gasteiger partial charge < -0.3 is 15.0 Å². The van der Waals surface area contributed by atoms with Crippen molar-refractivity contribution >= 4 is 23.1 Å². The lowest BCUT2D eigenvalue weighted by atomic mass is 10.2. The van der Waals surface area contributed by atoms with Crippen LogP contribution in [0.25, 0.3) is 5.65 Å². The van der Waals surface area contributed by atoms with Crippen molar-refractivity contribution in [3.05, 3.63) is 54.2 Å². The number of hydrogen-bond donors (Lipinski definition) is 1. The molecule has 0 aliphatic rings. The van der Waals surface area contributed by atoms with Crippen LogP contribution in [0.15, 0.2) is 48.7 Å². The topological polar surface area (TPSA) is 88.8 Å². The van der Waals surface area contributed by atoms with Gasteiger partial charge in [0.1, 0.15) is 0 Å². The van der Waals surface area contributed by atoms with E-state index in [-0.39, 0.29) is 24.4 Å². The van der Waals surface area contributed by atoms with Crippen LogP contribution in [0.3, 0.4) is 0 Å². The number of amides is 2. The molecule has 0 aliphatic heterocycles. The van der Waals surface area contributed by atoms with Gasteiger partial charge >= 0.3 is 6.01 Å². The van der Waals surface area contributed by atoms with E-state index in [1.165, 1.54) is 4.90 Å². The van der Waals surface area contributed by atoms with E-state index in [0.717, 1.165) is 0 Å². The van der Waals surface area contributed by atoms with Crippen molar-refractivity contribution in [1.82, 2.24) is 19.5 Å². The third-order valence-corrected chi connectivity index (χ3v) is 3.44. The Labute approximate surface area is 144 Å². The molecule has 0 radical (unpaired) electrons. The summed E-state index contributed by atoms with van der Waals surface area (Å²) in [6, 6.07) is 12.3. The monoisotopic (exact) mass is 339 g/mol. The summed E-state index contributed by atoms with van der Waals surface area (Å²) in [7, 11) is 3.37. The van der Waals surface area contributed by atoms with Gasteiger partial charge in [-0.15, -0.1) is 5.10 Å². The average Bonchev–Trinajstić information content (AvgIpc) is 3.03. The van der Waals surface area contributed by atoms with Gasteiger partial charge in [0.25, 0.3) is 11.8 Å². The number of aromatic nitrogens is 3. The zero-order chi connectivity index (χ0) is 17.8. The molecule has 2 heterocycles. The fraction of sp³-hybridized carbons (Fsp3) is 0.176. The number of benzene rings is 1. The molecule has 2 amide bonds. The van der Waals surface area contributed by atoms with E-state index in [1.54, 1.807) is 55.0 Å². The zero-order valence-electron chi connectivity index (χ0n) is 13.8. The molecule has 0 saturated carbocycles. The summed E-state index contributed by atoms with van der Waals surface area (Å²) in [5, 5.41) is 10.5. The first kappa shape index (κ1) is 16.4. The number of nitrogens with one attached hydrogen (secondary N) is 1. The average molecular weight is 339 g/mol. The summed E-state index contributed by atoms with van der Waals surface area (Å²) < 4.78 is 7.05. The molecule has 8 nitrogen and oxygen atoms in total. The SMILES string of the molecule is CN(C)C(=O)c1ccc(NC(=O)COc2nnc3ccccn23)cc1. The number of pyridine rings is 1. The van der Waals surface area contributed by atoms with Crippen LogP contribution < -0.4 is 10.1 Å². The Kier molecular flexibility index (Phi) is 4.60. The molecule has 25 heavy (non-hydrogen) atoms. The molecule has 0 atom stereocenters. The quantitative estimate of drug-likeness (QED) is 0.760. The van der Waals surface area contributed by atoms with E-state index >= 15 is 0 Å². The molecule has 0 bridgehead atoms. The number of fused-ring (bicyclic) bond motifs is 1. The first-order chi connectivity index (χ1) is 12.0. The highest BCUT2D eigenvalue weighted by atomic mass is 16.5. The lowest BCUT2D eigenvalue weighted by Gasteiger charge is -2.11. The predicted molar refractivity (Wildman–Crippen MR) is 91.6 cm³/mol. The van der Waals surface area contributed by atoms with Crippen LogP contribution in [0.2, 0.25) is 0 Å². The normalized spacial score (nSPS) is 10.5. The molecule has 0 unspecified atom stereocenters. The van der Waals surface area contributed by atoms with Crippen LogP contribution >= 0.6 is 0 Å². The second-order valence-electron chi connectivity index (χ2n) is 5.53. The van der Waals surface area contributed by atoms with Crippen LogP contribution in [0, 0.1) is 0 Å². The number of anilines is 1. The van der Waals surface area contributed by atoms with Crippen LogP contribution in [0.1, 0.15) is 10.4 Å². The van der Waals surface area contributed by atoms with E-state index in [4.69, 9.17) is 4.74 Å². The Morgan fingerprint density at radius 3 is 2.60 bits per heavy atom. The lowest BCUT2D eigenvalue weighted by Crippen LogP contribution is -2.22. The molecule has 3 rings (SSSR count). The van der Waals surface area contributed by atoms with Gasteiger partial charge in [-0.05, 0) is 36.4 Å². The fourth-order valence-electron chi connectivity index (χ4n) is 2.20. The predicted octanol–water partition coefficient (Wildman–Crippen LogP) is 1.45. The van der Waals surface area contributed by atoms with Gasteiger partial charge in [-0.1, -0.05) is 11.2 Å².